The summed E-state index contributed by atoms with van der Waals surface area (Å²) in [5.41, 5.74) is 6.38. The van der Waals surface area contributed by atoms with E-state index in [2.05, 4.69) is 16.6 Å². The Kier molecular flexibility index (Phi) is 8.17. The highest BCUT2D eigenvalue weighted by Crippen LogP contribution is 2.37. The molecule has 0 saturated carbocycles. The highest BCUT2D eigenvalue weighted by Gasteiger charge is 2.12. The fourth-order valence-electron chi connectivity index (χ4n) is 2.76. The van der Waals surface area contributed by atoms with Gasteiger partial charge in [0.1, 0.15) is 6.61 Å². The van der Waals surface area contributed by atoms with E-state index < -0.39 is 0 Å². The maximum absolute atomic E-state index is 8.90. The van der Waals surface area contributed by atoms with Gasteiger partial charge >= 0.3 is 0 Å². The van der Waals surface area contributed by atoms with E-state index in [1.165, 1.54) is 0 Å². The maximum atomic E-state index is 8.90. The largest absolute Gasteiger partial charge is 0.490 e. The average Bonchev–Trinajstić information content (AvgIpc) is 2.78. The first-order valence-corrected chi connectivity index (χ1v) is 10.4. The van der Waals surface area contributed by atoms with Gasteiger partial charge in [-0.15, -0.1) is 0 Å². The first-order valence-electron chi connectivity index (χ1n) is 9.67. The molecular weight excluding hydrogens is 433 g/mol. The van der Waals surface area contributed by atoms with Gasteiger partial charge < -0.3 is 14.9 Å². The summed E-state index contributed by atoms with van der Waals surface area (Å²) in [6.45, 7) is 3.25. The molecule has 0 aliphatic rings. The first-order chi connectivity index (χ1) is 15.1. The van der Waals surface area contributed by atoms with Crippen LogP contribution >= 0.6 is 23.2 Å². The third kappa shape index (κ3) is 6.65. The van der Waals surface area contributed by atoms with Crippen molar-refractivity contribution in [3.05, 3.63) is 93.0 Å². The van der Waals surface area contributed by atoms with Crippen LogP contribution in [0, 0.1) is 11.3 Å². The molecule has 3 aromatic carbocycles. The molecule has 158 valence electrons. The lowest BCUT2D eigenvalue weighted by molar-refractivity contribution is 0.269. The Bertz CT molecular complexity index is 1080. The molecule has 0 aliphatic carbocycles. The second kappa shape index (κ2) is 11.3. The Morgan fingerprint density at radius 2 is 1.71 bits per heavy atom. The van der Waals surface area contributed by atoms with Crippen LogP contribution in [0.25, 0.3) is 0 Å². The summed E-state index contributed by atoms with van der Waals surface area (Å²) in [7, 11) is 0. The van der Waals surface area contributed by atoms with Gasteiger partial charge in [-0.05, 0) is 60.0 Å². The fourth-order valence-corrected chi connectivity index (χ4v) is 3.16. The van der Waals surface area contributed by atoms with Gasteiger partial charge in [-0.1, -0.05) is 47.5 Å². The summed E-state index contributed by atoms with van der Waals surface area (Å²) in [6, 6.07) is 20.5. The van der Waals surface area contributed by atoms with Crippen molar-refractivity contribution >= 4 is 29.4 Å². The van der Waals surface area contributed by atoms with Crippen LogP contribution in [0.1, 0.15) is 29.2 Å². The molecule has 1 N–H and O–H groups in total. The van der Waals surface area contributed by atoms with E-state index >= 15 is 0 Å². The SMILES string of the molecule is CCOc1cc(/C=N\NCc2ccc(Cl)cc2)cc(Cl)c1OCc1ccc(C#N)cc1. The number of hydrazone groups is 1. The lowest BCUT2D eigenvalue weighted by Gasteiger charge is -2.14. The van der Waals surface area contributed by atoms with Crippen molar-refractivity contribution < 1.29 is 9.47 Å². The van der Waals surface area contributed by atoms with E-state index in [1.54, 1.807) is 24.4 Å². The Morgan fingerprint density at radius 1 is 1.00 bits per heavy atom. The predicted octanol–water partition coefficient (Wildman–Crippen LogP) is 5.97. The van der Waals surface area contributed by atoms with Crippen molar-refractivity contribution in [2.45, 2.75) is 20.1 Å². The first kappa shape index (κ1) is 22.5. The Morgan fingerprint density at radius 3 is 2.39 bits per heavy atom. The molecule has 0 fully saturated rings. The van der Waals surface area contributed by atoms with E-state index in [9.17, 15) is 0 Å². The minimum atomic E-state index is 0.307. The zero-order valence-corrected chi connectivity index (χ0v) is 18.5. The number of hydrogen-bond acceptors (Lipinski definition) is 5. The standard InChI is InChI=1S/C24H21Cl2N3O2/c1-2-30-23-12-20(15-29-28-14-18-7-9-21(25)10-8-18)11-22(26)24(23)31-16-19-5-3-17(13-27)4-6-19/h3-12,15,28H,2,14,16H2,1H3/b29-15-. The summed E-state index contributed by atoms with van der Waals surface area (Å²) in [5, 5.41) is 14.3. The van der Waals surface area contributed by atoms with Crippen LogP contribution in [0.2, 0.25) is 10.0 Å². The van der Waals surface area contributed by atoms with Crippen molar-refractivity contribution in [3.63, 3.8) is 0 Å². The van der Waals surface area contributed by atoms with Crippen LogP contribution < -0.4 is 14.9 Å². The molecule has 0 saturated heterocycles. The second-order valence-corrected chi connectivity index (χ2v) is 7.42. The number of halogens is 2. The monoisotopic (exact) mass is 453 g/mol. The van der Waals surface area contributed by atoms with E-state index in [-0.39, 0.29) is 0 Å². The molecule has 5 nitrogen and oxygen atoms in total. The van der Waals surface area contributed by atoms with Gasteiger partial charge in [0, 0.05) is 5.02 Å². The Hall–Kier alpha value is -3.20. The lowest BCUT2D eigenvalue weighted by atomic mass is 10.1. The molecule has 3 aromatic rings. The van der Waals surface area contributed by atoms with Crippen molar-refractivity contribution in [2.24, 2.45) is 5.10 Å². The normalized spacial score (nSPS) is 10.6. The molecule has 0 radical (unpaired) electrons. The van der Waals surface area contributed by atoms with E-state index in [0.29, 0.717) is 46.9 Å². The lowest BCUT2D eigenvalue weighted by Crippen LogP contribution is -2.06. The Labute approximate surface area is 191 Å². The number of benzene rings is 3. The van der Waals surface area contributed by atoms with Crippen LogP contribution in [-0.4, -0.2) is 12.8 Å². The molecule has 0 amide bonds. The number of nitrogens with one attached hydrogen (secondary N) is 1. The maximum Gasteiger partial charge on any atom is 0.180 e. The van der Waals surface area contributed by atoms with E-state index in [1.807, 2.05) is 49.4 Å². The van der Waals surface area contributed by atoms with Crippen LogP contribution in [0.15, 0.2) is 65.8 Å². The Balaban J connectivity index is 1.67. The highest BCUT2D eigenvalue weighted by atomic mass is 35.5. The average molecular weight is 454 g/mol. The van der Waals surface area contributed by atoms with Gasteiger partial charge in [-0.2, -0.15) is 10.4 Å². The summed E-state index contributed by atoms with van der Waals surface area (Å²) in [4.78, 5) is 0. The molecule has 0 spiro atoms. The van der Waals surface area contributed by atoms with Gasteiger partial charge in [0.2, 0.25) is 0 Å². The molecule has 0 heterocycles. The van der Waals surface area contributed by atoms with Crippen LogP contribution in [0.4, 0.5) is 0 Å². The number of nitrogens with zero attached hydrogens (tertiary/aromatic N) is 2. The molecule has 0 bridgehead atoms. The quantitative estimate of drug-likeness (QED) is 0.320. The molecular formula is C24H21Cl2N3O2. The minimum absolute atomic E-state index is 0.307. The molecule has 0 atom stereocenters. The molecule has 0 aromatic heterocycles. The molecule has 7 heteroatoms. The highest BCUT2D eigenvalue weighted by molar-refractivity contribution is 6.32. The summed E-state index contributed by atoms with van der Waals surface area (Å²) in [6.07, 6.45) is 1.68. The van der Waals surface area contributed by atoms with Gasteiger partial charge in [0.25, 0.3) is 0 Å². The number of rotatable bonds is 9. The number of ether oxygens (including phenoxy) is 2. The van der Waals surface area contributed by atoms with Gasteiger partial charge in [0.15, 0.2) is 11.5 Å². The summed E-state index contributed by atoms with van der Waals surface area (Å²) < 4.78 is 11.6. The third-order valence-electron chi connectivity index (χ3n) is 4.30. The van der Waals surface area contributed by atoms with Gasteiger partial charge in [-0.25, -0.2) is 0 Å². The predicted molar refractivity (Wildman–Crippen MR) is 124 cm³/mol. The fraction of sp³-hybridized carbons (Fsp3) is 0.167. The summed E-state index contributed by atoms with van der Waals surface area (Å²) in [5.74, 6) is 1.02. The van der Waals surface area contributed by atoms with Gasteiger partial charge in [-0.3, -0.25) is 0 Å². The van der Waals surface area contributed by atoms with Crippen molar-refractivity contribution in [2.75, 3.05) is 6.61 Å². The third-order valence-corrected chi connectivity index (χ3v) is 4.83. The molecule has 0 aliphatic heterocycles. The van der Waals surface area contributed by atoms with Crippen molar-refractivity contribution in [1.29, 1.82) is 5.26 Å². The zero-order chi connectivity index (χ0) is 22.1. The van der Waals surface area contributed by atoms with Crippen molar-refractivity contribution in [3.8, 4) is 17.6 Å². The number of nitriles is 1. The van der Waals surface area contributed by atoms with Gasteiger partial charge in [0.05, 0.1) is 36.0 Å². The van der Waals surface area contributed by atoms with Crippen molar-refractivity contribution in [1.82, 2.24) is 5.43 Å². The summed E-state index contributed by atoms with van der Waals surface area (Å²) >= 11 is 12.4. The smallest absolute Gasteiger partial charge is 0.180 e. The topological polar surface area (TPSA) is 66.6 Å². The second-order valence-electron chi connectivity index (χ2n) is 6.58. The van der Waals surface area contributed by atoms with E-state index in [0.717, 1.165) is 16.7 Å². The zero-order valence-electron chi connectivity index (χ0n) is 16.9. The minimum Gasteiger partial charge on any atom is -0.490 e. The molecule has 31 heavy (non-hydrogen) atoms. The van der Waals surface area contributed by atoms with Crippen LogP contribution in [0.5, 0.6) is 11.5 Å². The molecule has 3 rings (SSSR count). The number of hydrogen-bond donors (Lipinski definition) is 1. The molecule has 0 unspecified atom stereocenters. The van der Waals surface area contributed by atoms with E-state index in [4.69, 9.17) is 37.9 Å². The van der Waals surface area contributed by atoms with Crippen LogP contribution in [-0.2, 0) is 13.2 Å². The van der Waals surface area contributed by atoms with Crippen LogP contribution in [0.3, 0.4) is 0 Å².